The molecular formula is C27H37F2N5O. The second-order valence-electron chi connectivity index (χ2n) is 10.5. The fraction of sp³-hybridized carbons (Fsp3) is 0.556. The number of anilines is 3. The lowest BCUT2D eigenvalue weighted by Gasteiger charge is -2.34. The molecule has 0 amide bonds. The van der Waals surface area contributed by atoms with Crippen LogP contribution in [-0.4, -0.2) is 32.8 Å². The second-order valence-corrected chi connectivity index (χ2v) is 10.5. The summed E-state index contributed by atoms with van der Waals surface area (Å²) in [4.78, 5) is 11.3. The van der Waals surface area contributed by atoms with Gasteiger partial charge in [-0.3, -0.25) is 0 Å². The van der Waals surface area contributed by atoms with Gasteiger partial charge in [-0.2, -0.15) is 4.98 Å². The van der Waals surface area contributed by atoms with Gasteiger partial charge in [0, 0.05) is 23.8 Å². The van der Waals surface area contributed by atoms with E-state index in [1.165, 1.54) is 37.5 Å². The molecule has 1 aromatic heterocycles. The molecule has 8 heteroatoms. The number of para-hydroxylation sites is 1. The first kappa shape index (κ1) is 25.4. The summed E-state index contributed by atoms with van der Waals surface area (Å²) in [5.41, 5.74) is -0.226. The SMILES string of the molecule is C=C(Nc1c(F)cccc1F)N(c1nc(NC2CCCCC2)ncc1C)C1CCC(C(C)(C)O)C1. The van der Waals surface area contributed by atoms with E-state index in [9.17, 15) is 13.9 Å². The Morgan fingerprint density at radius 3 is 2.43 bits per heavy atom. The predicted molar refractivity (Wildman–Crippen MR) is 136 cm³/mol. The number of nitrogens with one attached hydrogen (secondary N) is 2. The van der Waals surface area contributed by atoms with Gasteiger partial charge in [0.05, 0.1) is 5.60 Å². The van der Waals surface area contributed by atoms with E-state index in [4.69, 9.17) is 4.98 Å². The third kappa shape index (κ3) is 5.92. The highest BCUT2D eigenvalue weighted by Gasteiger charge is 2.39. The summed E-state index contributed by atoms with van der Waals surface area (Å²) >= 11 is 0. The lowest BCUT2D eigenvalue weighted by Crippen LogP contribution is -2.38. The van der Waals surface area contributed by atoms with E-state index in [2.05, 4.69) is 22.2 Å². The number of aromatic nitrogens is 2. The van der Waals surface area contributed by atoms with Crippen LogP contribution in [0.1, 0.15) is 70.8 Å². The zero-order valence-electron chi connectivity index (χ0n) is 21.0. The van der Waals surface area contributed by atoms with Crippen LogP contribution in [0.4, 0.5) is 26.2 Å². The van der Waals surface area contributed by atoms with E-state index in [0.29, 0.717) is 30.0 Å². The van der Waals surface area contributed by atoms with Gasteiger partial charge in [0.25, 0.3) is 0 Å². The van der Waals surface area contributed by atoms with Crippen molar-refractivity contribution in [3.05, 3.63) is 54.0 Å². The van der Waals surface area contributed by atoms with Gasteiger partial charge >= 0.3 is 0 Å². The van der Waals surface area contributed by atoms with Crippen molar-refractivity contribution in [2.24, 2.45) is 5.92 Å². The molecule has 2 aromatic rings. The highest BCUT2D eigenvalue weighted by atomic mass is 19.1. The highest BCUT2D eigenvalue weighted by Crippen LogP contribution is 2.40. The molecule has 190 valence electrons. The number of halogens is 2. The van der Waals surface area contributed by atoms with Crippen LogP contribution in [0.2, 0.25) is 0 Å². The van der Waals surface area contributed by atoms with Crippen LogP contribution in [-0.2, 0) is 0 Å². The smallest absolute Gasteiger partial charge is 0.224 e. The van der Waals surface area contributed by atoms with Gasteiger partial charge in [-0.1, -0.05) is 31.9 Å². The largest absolute Gasteiger partial charge is 0.390 e. The minimum atomic E-state index is -0.818. The second kappa shape index (κ2) is 10.5. The lowest BCUT2D eigenvalue weighted by molar-refractivity contribution is 0.0195. The maximum absolute atomic E-state index is 14.4. The minimum Gasteiger partial charge on any atom is -0.390 e. The van der Waals surface area contributed by atoms with Gasteiger partial charge in [-0.25, -0.2) is 13.8 Å². The fourth-order valence-corrected chi connectivity index (χ4v) is 5.35. The Morgan fingerprint density at radius 2 is 1.80 bits per heavy atom. The van der Waals surface area contributed by atoms with Gasteiger partial charge in [-0.15, -0.1) is 0 Å². The molecule has 2 aliphatic carbocycles. The van der Waals surface area contributed by atoms with E-state index in [1.807, 2.05) is 25.7 Å². The van der Waals surface area contributed by atoms with Crippen LogP contribution >= 0.6 is 0 Å². The van der Waals surface area contributed by atoms with Gasteiger partial charge in [0.15, 0.2) is 0 Å². The van der Waals surface area contributed by atoms with Crippen LogP contribution < -0.4 is 15.5 Å². The standard InChI is InChI=1S/C27H37F2N5O/c1-17-16-30-26(32-20-9-6-5-7-10-20)33-25(17)34(21-14-13-19(15-21)27(3,4)35)18(2)31-24-22(28)11-8-12-23(24)29/h8,11-12,16,19-21,31,35H,2,5-7,9-10,13-15H2,1,3-4H3,(H,30,32,33). The first-order valence-corrected chi connectivity index (χ1v) is 12.6. The third-order valence-corrected chi connectivity index (χ3v) is 7.40. The number of aliphatic hydroxyl groups is 1. The van der Waals surface area contributed by atoms with E-state index in [1.54, 1.807) is 6.20 Å². The molecule has 6 nitrogen and oxygen atoms in total. The highest BCUT2D eigenvalue weighted by molar-refractivity contribution is 5.60. The zero-order valence-corrected chi connectivity index (χ0v) is 21.0. The molecule has 4 rings (SSSR count). The van der Waals surface area contributed by atoms with Crippen LogP contribution in [0, 0.1) is 24.5 Å². The summed E-state index contributed by atoms with van der Waals surface area (Å²) in [5.74, 6) is 0.242. The van der Waals surface area contributed by atoms with Crippen molar-refractivity contribution < 1.29 is 13.9 Å². The first-order valence-electron chi connectivity index (χ1n) is 12.6. The molecule has 1 aromatic carbocycles. The molecular weight excluding hydrogens is 448 g/mol. The molecule has 1 heterocycles. The summed E-state index contributed by atoms with van der Waals surface area (Å²) in [7, 11) is 0. The van der Waals surface area contributed by atoms with Crippen molar-refractivity contribution in [1.82, 2.24) is 9.97 Å². The van der Waals surface area contributed by atoms with Gasteiger partial charge in [0.1, 0.15) is 29.0 Å². The number of aryl methyl sites for hydroxylation is 1. The molecule has 0 radical (unpaired) electrons. The third-order valence-electron chi connectivity index (χ3n) is 7.40. The van der Waals surface area contributed by atoms with E-state index in [-0.39, 0.29) is 17.6 Å². The Kier molecular flexibility index (Phi) is 7.59. The van der Waals surface area contributed by atoms with Crippen molar-refractivity contribution in [2.75, 3.05) is 15.5 Å². The van der Waals surface area contributed by atoms with Gasteiger partial charge in [-0.05, 0) is 70.9 Å². The van der Waals surface area contributed by atoms with Crippen LogP contribution in [0.25, 0.3) is 0 Å². The van der Waals surface area contributed by atoms with Crippen molar-refractivity contribution in [2.45, 2.75) is 89.8 Å². The molecule has 2 saturated carbocycles. The molecule has 2 fully saturated rings. The molecule has 0 saturated heterocycles. The molecule has 0 aliphatic heterocycles. The maximum Gasteiger partial charge on any atom is 0.224 e. The lowest BCUT2D eigenvalue weighted by atomic mass is 9.89. The Morgan fingerprint density at radius 1 is 1.11 bits per heavy atom. The molecule has 2 aliphatic rings. The molecule has 0 spiro atoms. The average molecular weight is 486 g/mol. The number of nitrogens with zero attached hydrogens (tertiary/aromatic N) is 3. The van der Waals surface area contributed by atoms with Gasteiger partial charge < -0.3 is 20.6 Å². The van der Waals surface area contributed by atoms with Crippen LogP contribution in [0.5, 0.6) is 0 Å². The summed E-state index contributed by atoms with van der Waals surface area (Å²) < 4.78 is 28.9. The van der Waals surface area contributed by atoms with Crippen molar-refractivity contribution >= 4 is 17.5 Å². The predicted octanol–water partition coefficient (Wildman–Crippen LogP) is 6.14. The molecule has 35 heavy (non-hydrogen) atoms. The van der Waals surface area contributed by atoms with E-state index < -0.39 is 17.2 Å². The van der Waals surface area contributed by atoms with Crippen molar-refractivity contribution in [3.63, 3.8) is 0 Å². The van der Waals surface area contributed by atoms with Crippen molar-refractivity contribution in [1.29, 1.82) is 0 Å². The quantitative estimate of drug-likeness (QED) is 0.417. The van der Waals surface area contributed by atoms with Crippen LogP contribution in [0.15, 0.2) is 36.8 Å². The minimum absolute atomic E-state index is 0.0441. The number of rotatable bonds is 8. The van der Waals surface area contributed by atoms with Crippen LogP contribution in [0.3, 0.4) is 0 Å². The molecule has 2 atom stereocenters. The molecule has 0 bridgehead atoms. The maximum atomic E-state index is 14.4. The Hall–Kier alpha value is -2.74. The first-order chi connectivity index (χ1) is 16.6. The van der Waals surface area contributed by atoms with Crippen molar-refractivity contribution in [3.8, 4) is 0 Å². The number of hydrogen-bond donors (Lipinski definition) is 3. The molecule has 2 unspecified atom stereocenters. The number of benzene rings is 1. The summed E-state index contributed by atoms with van der Waals surface area (Å²) in [5, 5.41) is 17.0. The Labute approximate surface area is 206 Å². The fourth-order valence-electron chi connectivity index (χ4n) is 5.35. The average Bonchev–Trinajstić information content (AvgIpc) is 3.30. The Bertz CT molecular complexity index is 1030. The Balaban J connectivity index is 1.66. The van der Waals surface area contributed by atoms with E-state index >= 15 is 0 Å². The normalized spacial score (nSPS) is 21.1. The summed E-state index contributed by atoms with van der Waals surface area (Å²) in [6.45, 7) is 9.74. The summed E-state index contributed by atoms with van der Waals surface area (Å²) in [6.07, 6.45) is 9.94. The summed E-state index contributed by atoms with van der Waals surface area (Å²) in [6, 6.07) is 4.06. The van der Waals surface area contributed by atoms with E-state index in [0.717, 1.165) is 31.2 Å². The molecule has 3 N–H and O–H groups in total. The topological polar surface area (TPSA) is 73.3 Å². The number of hydrogen-bond acceptors (Lipinski definition) is 6. The van der Waals surface area contributed by atoms with Gasteiger partial charge in [0.2, 0.25) is 5.95 Å². The zero-order chi connectivity index (χ0) is 25.2. The monoisotopic (exact) mass is 485 g/mol.